The van der Waals surface area contributed by atoms with E-state index in [4.69, 9.17) is 10.00 Å². The zero-order valence-electron chi connectivity index (χ0n) is 14.6. The van der Waals surface area contributed by atoms with E-state index in [1.165, 1.54) is 0 Å². The summed E-state index contributed by atoms with van der Waals surface area (Å²) in [4.78, 5) is 11.8. The second-order valence-corrected chi connectivity index (χ2v) is 6.62. The van der Waals surface area contributed by atoms with Crippen molar-refractivity contribution < 1.29 is 9.53 Å². The molecule has 0 heterocycles. The average Bonchev–Trinajstić information content (AvgIpc) is 2.49. The molecule has 126 valence electrons. The Morgan fingerprint density at radius 2 is 1.91 bits per heavy atom. The van der Waals surface area contributed by atoms with Crippen LogP contribution in [-0.2, 0) is 4.74 Å². The molecule has 0 saturated heterocycles. The van der Waals surface area contributed by atoms with Crippen molar-refractivity contribution in [2.45, 2.75) is 58.7 Å². The minimum atomic E-state index is -0.494. The van der Waals surface area contributed by atoms with Crippen molar-refractivity contribution in [3.63, 3.8) is 0 Å². The standard InChI is InChI=1S/C18H27N3O2/c1-6-16(21-17(22)23-18(3,4)5)12-20-13(2)15-9-7-14(11-19)8-10-15/h7-10,13,16,20H,6,12H2,1-5H3,(H,21,22). The second kappa shape index (κ2) is 8.54. The van der Waals surface area contributed by atoms with E-state index >= 15 is 0 Å². The zero-order valence-corrected chi connectivity index (χ0v) is 14.6. The van der Waals surface area contributed by atoms with Crippen molar-refractivity contribution in [3.05, 3.63) is 35.4 Å². The van der Waals surface area contributed by atoms with Gasteiger partial charge in [-0.15, -0.1) is 0 Å². The molecular formula is C18H27N3O2. The highest BCUT2D eigenvalue weighted by Crippen LogP contribution is 2.13. The highest BCUT2D eigenvalue weighted by Gasteiger charge is 2.19. The Labute approximate surface area is 139 Å². The maximum atomic E-state index is 11.8. The van der Waals surface area contributed by atoms with Gasteiger partial charge in [-0.05, 0) is 51.8 Å². The van der Waals surface area contributed by atoms with Crippen molar-refractivity contribution >= 4 is 6.09 Å². The molecule has 2 atom stereocenters. The maximum Gasteiger partial charge on any atom is 0.407 e. The summed E-state index contributed by atoms with van der Waals surface area (Å²) in [6, 6.07) is 9.76. The molecule has 0 aliphatic rings. The summed E-state index contributed by atoms with van der Waals surface area (Å²) >= 11 is 0. The van der Waals surface area contributed by atoms with Gasteiger partial charge < -0.3 is 15.4 Å². The number of hydrogen-bond donors (Lipinski definition) is 2. The number of rotatable bonds is 6. The molecule has 1 amide bonds. The smallest absolute Gasteiger partial charge is 0.407 e. The minimum absolute atomic E-state index is 0.00526. The fourth-order valence-corrected chi connectivity index (χ4v) is 2.05. The number of amides is 1. The van der Waals surface area contributed by atoms with E-state index in [1.54, 1.807) is 0 Å². The lowest BCUT2D eigenvalue weighted by molar-refractivity contribution is 0.0502. The van der Waals surface area contributed by atoms with E-state index < -0.39 is 11.7 Å². The Balaban J connectivity index is 2.49. The molecule has 2 unspecified atom stereocenters. The van der Waals surface area contributed by atoms with E-state index in [-0.39, 0.29) is 12.1 Å². The summed E-state index contributed by atoms with van der Waals surface area (Å²) in [5, 5.41) is 15.1. The molecular weight excluding hydrogens is 290 g/mol. The molecule has 0 spiro atoms. The van der Waals surface area contributed by atoms with Gasteiger partial charge in [0.25, 0.3) is 0 Å². The van der Waals surface area contributed by atoms with Gasteiger partial charge in [0.15, 0.2) is 0 Å². The molecule has 0 aromatic heterocycles. The fourth-order valence-electron chi connectivity index (χ4n) is 2.05. The molecule has 23 heavy (non-hydrogen) atoms. The van der Waals surface area contributed by atoms with Crippen molar-refractivity contribution in [1.29, 1.82) is 5.26 Å². The summed E-state index contributed by atoms with van der Waals surface area (Å²) in [5.41, 5.74) is 1.26. The number of ether oxygens (including phenoxy) is 1. The lowest BCUT2D eigenvalue weighted by Crippen LogP contribution is -2.44. The van der Waals surface area contributed by atoms with E-state index in [0.717, 1.165) is 12.0 Å². The van der Waals surface area contributed by atoms with E-state index in [2.05, 4.69) is 23.6 Å². The predicted octanol–water partition coefficient (Wildman–Crippen LogP) is 3.51. The molecule has 2 N–H and O–H groups in total. The Morgan fingerprint density at radius 1 is 1.30 bits per heavy atom. The van der Waals surface area contributed by atoms with Gasteiger partial charge >= 0.3 is 6.09 Å². The van der Waals surface area contributed by atoms with Gasteiger partial charge in [-0.25, -0.2) is 4.79 Å². The Kier molecular flexibility index (Phi) is 7.05. The first kappa shape index (κ1) is 19.0. The number of alkyl carbamates (subject to hydrolysis) is 1. The summed E-state index contributed by atoms with van der Waals surface area (Å²) < 4.78 is 5.28. The lowest BCUT2D eigenvalue weighted by Gasteiger charge is -2.24. The SMILES string of the molecule is CCC(CNC(C)c1ccc(C#N)cc1)NC(=O)OC(C)(C)C. The Bertz CT molecular complexity index is 541. The number of nitrogens with one attached hydrogen (secondary N) is 2. The van der Waals surface area contributed by atoms with Crippen LogP contribution < -0.4 is 10.6 Å². The number of hydrogen-bond acceptors (Lipinski definition) is 4. The van der Waals surface area contributed by atoms with Crippen LogP contribution in [0.2, 0.25) is 0 Å². The van der Waals surface area contributed by atoms with Crippen LogP contribution in [0.25, 0.3) is 0 Å². The van der Waals surface area contributed by atoms with E-state index in [1.807, 2.05) is 52.0 Å². The lowest BCUT2D eigenvalue weighted by atomic mass is 10.1. The van der Waals surface area contributed by atoms with Gasteiger partial charge in [0.2, 0.25) is 0 Å². The number of carbonyl (C=O) groups is 1. The third kappa shape index (κ3) is 7.16. The third-order valence-corrected chi connectivity index (χ3v) is 3.42. The van der Waals surface area contributed by atoms with Crippen LogP contribution in [0, 0.1) is 11.3 Å². The molecule has 1 rings (SSSR count). The molecule has 0 radical (unpaired) electrons. The van der Waals surface area contributed by atoms with Gasteiger partial charge in [-0.1, -0.05) is 19.1 Å². The van der Waals surface area contributed by atoms with Crippen LogP contribution >= 0.6 is 0 Å². The molecule has 0 bridgehead atoms. The van der Waals surface area contributed by atoms with Crippen molar-refractivity contribution in [2.24, 2.45) is 0 Å². The monoisotopic (exact) mass is 317 g/mol. The Morgan fingerprint density at radius 3 is 2.39 bits per heavy atom. The average molecular weight is 317 g/mol. The number of nitriles is 1. The molecule has 0 aliphatic carbocycles. The largest absolute Gasteiger partial charge is 0.444 e. The molecule has 5 nitrogen and oxygen atoms in total. The maximum absolute atomic E-state index is 11.8. The fraction of sp³-hybridized carbons (Fsp3) is 0.556. The number of nitrogens with zero attached hydrogens (tertiary/aromatic N) is 1. The van der Waals surface area contributed by atoms with Crippen LogP contribution in [-0.4, -0.2) is 24.3 Å². The van der Waals surface area contributed by atoms with Crippen LogP contribution in [0.1, 0.15) is 58.2 Å². The molecule has 0 saturated carbocycles. The quantitative estimate of drug-likeness (QED) is 0.842. The van der Waals surface area contributed by atoms with Gasteiger partial charge in [-0.3, -0.25) is 0 Å². The Hall–Kier alpha value is -2.06. The molecule has 5 heteroatoms. The van der Waals surface area contributed by atoms with Crippen molar-refractivity contribution in [3.8, 4) is 6.07 Å². The number of carbonyl (C=O) groups excluding carboxylic acids is 1. The van der Waals surface area contributed by atoms with Gasteiger partial charge in [0.05, 0.1) is 11.6 Å². The first-order valence-corrected chi connectivity index (χ1v) is 7.98. The predicted molar refractivity (Wildman–Crippen MR) is 91.0 cm³/mol. The van der Waals surface area contributed by atoms with Crippen molar-refractivity contribution in [2.75, 3.05) is 6.54 Å². The molecule has 1 aromatic rings. The van der Waals surface area contributed by atoms with Crippen LogP contribution in [0.4, 0.5) is 4.79 Å². The highest BCUT2D eigenvalue weighted by atomic mass is 16.6. The summed E-state index contributed by atoms with van der Waals surface area (Å²) in [5.74, 6) is 0. The van der Waals surface area contributed by atoms with Crippen LogP contribution in [0.5, 0.6) is 0 Å². The molecule has 0 fully saturated rings. The highest BCUT2D eigenvalue weighted by molar-refractivity contribution is 5.68. The zero-order chi connectivity index (χ0) is 17.5. The van der Waals surface area contributed by atoms with Crippen LogP contribution in [0.3, 0.4) is 0 Å². The van der Waals surface area contributed by atoms with Gasteiger partial charge in [0.1, 0.15) is 5.60 Å². The summed E-state index contributed by atoms with van der Waals surface area (Å²) in [6.07, 6.45) is 0.420. The van der Waals surface area contributed by atoms with Crippen molar-refractivity contribution in [1.82, 2.24) is 10.6 Å². The topological polar surface area (TPSA) is 74.2 Å². The summed E-state index contributed by atoms with van der Waals surface area (Å²) in [6.45, 7) is 10.3. The molecule has 0 aliphatic heterocycles. The van der Waals surface area contributed by atoms with E-state index in [0.29, 0.717) is 12.1 Å². The van der Waals surface area contributed by atoms with Gasteiger partial charge in [-0.2, -0.15) is 5.26 Å². The normalized spacial score (nSPS) is 13.7. The third-order valence-electron chi connectivity index (χ3n) is 3.42. The first-order chi connectivity index (χ1) is 10.7. The first-order valence-electron chi connectivity index (χ1n) is 7.98. The molecule has 1 aromatic carbocycles. The van der Waals surface area contributed by atoms with Gasteiger partial charge in [0, 0.05) is 18.6 Å². The minimum Gasteiger partial charge on any atom is -0.444 e. The second-order valence-electron chi connectivity index (χ2n) is 6.62. The van der Waals surface area contributed by atoms with E-state index in [9.17, 15) is 4.79 Å². The summed E-state index contributed by atoms with van der Waals surface area (Å²) in [7, 11) is 0. The number of benzene rings is 1. The van der Waals surface area contributed by atoms with Crippen LogP contribution in [0.15, 0.2) is 24.3 Å².